The van der Waals surface area contributed by atoms with Gasteiger partial charge in [-0.15, -0.1) is 0 Å². The SMILES string of the molecule is CCCNCC(=O)N1CCCc2ccccc2C1. The Bertz CT molecular complexity index is 403. The quantitative estimate of drug-likeness (QED) is 0.824. The number of hydrogen-bond donors (Lipinski definition) is 1. The van der Waals surface area contributed by atoms with Crippen LogP contribution in [0.4, 0.5) is 0 Å². The molecular weight excluding hydrogens is 224 g/mol. The number of aryl methyl sites for hydroxylation is 1. The van der Waals surface area contributed by atoms with E-state index in [1.54, 1.807) is 0 Å². The normalized spacial score (nSPS) is 15.1. The van der Waals surface area contributed by atoms with Gasteiger partial charge in [0.05, 0.1) is 6.54 Å². The van der Waals surface area contributed by atoms with Crippen LogP contribution in [0.3, 0.4) is 0 Å². The third-order valence-corrected chi connectivity index (χ3v) is 3.41. The minimum atomic E-state index is 0.222. The molecule has 0 saturated carbocycles. The zero-order chi connectivity index (χ0) is 12.8. The molecule has 1 N–H and O–H groups in total. The van der Waals surface area contributed by atoms with E-state index in [0.717, 1.165) is 38.9 Å². The van der Waals surface area contributed by atoms with Gasteiger partial charge in [0.2, 0.25) is 5.91 Å². The first-order valence-corrected chi connectivity index (χ1v) is 6.86. The van der Waals surface area contributed by atoms with Crippen molar-refractivity contribution in [3.8, 4) is 0 Å². The van der Waals surface area contributed by atoms with Crippen LogP contribution in [0, 0.1) is 0 Å². The van der Waals surface area contributed by atoms with Gasteiger partial charge in [0.25, 0.3) is 0 Å². The van der Waals surface area contributed by atoms with Crippen LogP contribution in [0.2, 0.25) is 0 Å². The van der Waals surface area contributed by atoms with Gasteiger partial charge in [-0.25, -0.2) is 0 Å². The van der Waals surface area contributed by atoms with E-state index in [1.165, 1.54) is 11.1 Å². The third kappa shape index (κ3) is 3.33. The Morgan fingerprint density at radius 3 is 2.89 bits per heavy atom. The van der Waals surface area contributed by atoms with Gasteiger partial charge in [-0.1, -0.05) is 31.2 Å². The average molecular weight is 246 g/mol. The number of hydrogen-bond acceptors (Lipinski definition) is 2. The van der Waals surface area contributed by atoms with Crippen molar-refractivity contribution in [2.24, 2.45) is 0 Å². The van der Waals surface area contributed by atoms with Gasteiger partial charge < -0.3 is 10.2 Å². The second kappa shape index (κ2) is 6.55. The number of amides is 1. The lowest BCUT2D eigenvalue weighted by molar-refractivity contribution is -0.130. The number of nitrogens with zero attached hydrogens (tertiary/aromatic N) is 1. The molecule has 1 heterocycles. The molecule has 0 bridgehead atoms. The van der Waals surface area contributed by atoms with Crippen molar-refractivity contribution in [2.45, 2.75) is 32.7 Å². The van der Waals surface area contributed by atoms with E-state index in [4.69, 9.17) is 0 Å². The minimum Gasteiger partial charge on any atom is -0.337 e. The minimum absolute atomic E-state index is 0.222. The van der Waals surface area contributed by atoms with Crippen molar-refractivity contribution in [1.82, 2.24) is 10.2 Å². The predicted molar refractivity (Wildman–Crippen MR) is 73.3 cm³/mol. The number of rotatable bonds is 4. The van der Waals surface area contributed by atoms with E-state index < -0.39 is 0 Å². The fraction of sp³-hybridized carbons (Fsp3) is 0.533. The average Bonchev–Trinajstić information content (AvgIpc) is 2.61. The molecule has 1 aliphatic rings. The summed E-state index contributed by atoms with van der Waals surface area (Å²) in [7, 11) is 0. The molecule has 3 heteroatoms. The molecule has 18 heavy (non-hydrogen) atoms. The molecule has 0 aliphatic carbocycles. The Hall–Kier alpha value is -1.35. The van der Waals surface area contributed by atoms with E-state index in [0.29, 0.717) is 6.54 Å². The largest absolute Gasteiger partial charge is 0.337 e. The highest BCUT2D eigenvalue weighted by Gasteiger charge is 2.17. The van der Waals surface area contributed by atoms with Gasteiger partial charge >= 0.3 is 0 Å². The molecule has 0 saturated heterocycles. The Balaban J connectivity index is 1.97. The number of carbonyl (C=O) groups is 1. The lowest BCUT2D eigenvalue weighted by atomic mass is 10.0. The summed E-state index contributed by atoms with van der Waals surface area (Å²) < 4.78 is 0. The summed E-state index contributed by atoms with van der Waals surface area (Å²) in [5.74, 6) is 0.222. The molecule has 3 nitrogen and oxygen atoms in total. The number of nitrogens with one attached hydrogen (secondary N) is 1. The first-order valence-electron chi connectivity index (χ1n) is 6.86. The maximum absolute atomic E-state index is 12.1. The van der Waals surface area contributed by atoms with Crippen LogP contribution in [0.1, 0.15) is 30.9 Å². The molecule has 0 atom stereocenters. The van der Waals surface area contributed by atoms with Crippen molar-refractivity contribution in [2.75, 3.05) is 19.6 Å². The first kappa shape index (κ1) is 13.1. The van der Waals surface area contributed by atoms with Crippen LogP contribution in [0.5, 0.6) is 0 Å². The first-order chi connectivity index (χ1) is 8.81. The summed E-state index contributed by atoms with van der Waals surface area (Å²) >= 11 is 0. The summed E-state index contributed by atoms with van der Waals surface area (Å²) in [6, 6.07) is 8.46. The summed E-state index contributed by atoms with van der Waals surface area (Å²) in [6.07, 6.45) is 3.22. The summed E-state index contributed by atoms with van der Waals surface area (Å²) in [5.41, 5.74) is 2.70. The van der Waals surface area contributed by atoms with Gasteiger partial charge in [-0.3, -0.25) is 4.79 Å². The molecule has 0 fully saturated rings. The second-order valence-electron chi connectivity index (χ2n) is 4.86. The standard InChI is InChI=1S/C15H22N2O/c1-2-9-16-11-15(18)17-10-5-8-13-6-3-4-7-14(13)12-17/h3-4,6-7,16H,2,5,8-12H2,1H3. The molecule has 0 aromatic heterocycles. The topological polar surface area (TPSA) is 32.3 Å². The monoisotopic (exact) mass is 246 g/mol. The van der Waals surface area contributed by atoms with Crippen LogP contribution in [-0.2, 0) is 17.8 Å². The van der Waals surface area contributed by atoms with Gasteiger partial charge in [0.1, 0.15) is 0 Å². The second-order valence-corrected chi connectivity index (χ2v) is 4.86. The van der Waals surface area contributed by atoms with Crippen LogP contribution in [-0.4, -0.2) is 30.4 Å². The van der Waals surface area contributed by atoms with Crippen molar-refractivity contribution < 1.29 is 4.79 Å². The van der Waals surface area contributed by atoms with Gasteiger partial charge in [-0.2, -0.15) is 0 Å². The third-order valence-electron chi connectivity index (χ3n) is 3.41. The molecule has 98 valence electrons. The van der Waals surface area contributed by atoms with Gasteiger partial charge in [0.15, 0.2) is 0 Å². The number of benzene rings is 1. The highest BCUT2D eigenvalue weighted by molar-refractivity contribution is 5.78. The molecule has 0 spiro atoms. The zero-order valence-corrected chi connectivity index (χ0v) is 11.1. The molecule has 1 amide bonds. The molecule has 2 rings (SSSR count). The molecule has 0 radical (unpaired) electrons. The fourth-order valence-electron chi connectivity index (χ4n) is 2.40. The highest BCUT2D eigenvalue weighted by Crippen LogP contribution is 2.18. The van der Waals surface area contributed by atoms with E-state index in [2.05, 4.69) is 36.5 Å². The van der Waals surface area contributed by atoms with Crippen LogP contribution < -0.4 is 5.32 Å². The van der Waals surface area contributed by atoms with Crippen LogP contribution in [0.15, 0.2) is 24.3 Å². The zero-order valence-electron chi connectivity index (χ0n) is 11.1. The van der Waals surface area contributed by atoms with Crippen LogP contribution >= 0.6 is 0 Å². The molecular formula is C15H22N2O. The van der Waals surface area contributed by atoms with Crippen molar-refractivity contribution in [3.63, 3.8) is 0 Å². The highest BCUT2D eigenvalue weighted by atomic mass is 16.2. The predicted octanol–water partition coefficient (Wildman–Crippen LogP) is 1.96. The van der Waals surface area contributed by atoms with Crippen LogP contribution in [0.25, 0.3) is 0 Å². The van der Waals surface area contributed by atoms with Gasteiger partial charge in [0, 0.05) is 13.1 Å². The number of carbonyl (C=O) groups excluding carboxylic acids is 1. The van der Waals surface area contributed by atoms with E-state index in [1.807, 2.05) is 4.90 Å². The Morgan fingerprint density at radius 2 is 2.11 bits per heavy atom. The molecule has 1 aromatic rings. The van der Waals surface area contributed by atoms with E-state index in [-0.39, 0.29) is 5.91 Å². The Morgan fingerprint density at radius 1 is 1.33 bits per heavy atom. The van der Waals surface area contributed by atoms with Crippen molar-refractivity contribution in [1.29, 1.82) is 0 Å². The van der Waals surface area contributed by atoms with E-state index in [9.17, 15) is 4.79 Å². The lowest BCUT2D eigenvalue weighted by Crippen LogP contribution is -2.38. The maximum atomic E-state index is 12.1. The lowest BCUT2D eigenvalue weighted by Gasteiger charge is -2.21. The number of fused-ring (bicyclic) bond motifs is 1. The smallest absolute Gasteiger partial charge is 0.236 e. The molecule has 1 aliphatic heterocycles. The van der Waals surface area contributed by atoms with Crippen molar-refractivity contribution in [3.05, 3.63) is 35.4 Å². The summed E-state index contributed by atoms with van der Waals surface area (Å²) in [5, 5.41) is 3.19. The van der Waals surface area contributed by atoms with E-state index >= 15 is 0 Å². The molecule has 1 aromatic carbocycles. The van der Waals surface area contributed by atoms with Crippen molar-refractivity contribution >= 4 is 5.91 Å². The summed E-state index contributed by atoms with van der Waals surface area (Å²) in [6.45, 7) is 5.13. The molecule has 0 unspecified atom stereocenters. The van der Waals surface area contributed by atoms with Gasteiger partial charge in [-0.05, 0) is 36.9 Å². The maximum Gasteiger partial charge on any atom is 0.236 e. The Labute approximate surface area is 109 Å². The fourth-order valence-corrected chi connectivity index (χ4v) is 2.40. The Kier molecular flexibility index (Phi) is 4.76. The summed E-state index contributed by atoms with van der Waals surface area (Å²) in [4.78, 5) is 14.1.